The Balaban J connectivity index is 1.72. The Kier molecular flexibility index (Phi) is 4.13. The predicted octanol–water partition coefficient (Wildman–Crippen LogP) is 3.31. The van der Waals surface area contributed by atoms with Crippen LogP contribution < -0.4 is 11.3 Å². The molecule has 2 aliphatic rings. The van der Waals surface area contributed by atoms with Crippen LogP contribution in [0, 0.1) is 23.7 Å². The molecule has 2 aliphatic carbocycles. The first kappa shape index (κ1) is 14.1. The Morgan fingerprint density at radius 1 is 0.950 bits per heavy atom. The van der Waals surface area contributed by atoms with Gasteiger partial charge in [-0.1, -0.05) is 38.1 Å². The second-order valence-corrected chi connectivity index (χ2v) is 7.31. The van der Waals surface area contributed by atoms with Gasteiger partial charge in [-0.25, -0.2) is 0 Å². The van der Waals surface area contributed by atoms with Crippen LogP contribution in [0.2, 0.25) is 0 Å². The fraction of sp³-hybridized carbons (Fsp3) is 0.667. The minimum atomic E-state index is 0.479. The van der Waals surface area contributed by atoms with E-state index in [4.69, 9.17) is 5.84 Å². The van der Waals surface area contributed by atoms with E-state index in [1.807, 2.05) is 0 Å². The van der Waals surface area contributed by atoms with Crippen molar-refractivity contribution in [2.75, 3.05) is 0 Å². The Labute approximate surface area is 123 Å². The van der Waals surface area contributed by atoms with Crippen molar-refractivity contribution in [2.45, 2.75) is 52.0 Å². The second-order valence-electron chi connectivity index (χ2n) is 7.31. The molecule has 0 amide bonds. The van der Waals surface area contributed by atoms with E-state index < -0.39 is 0 Å². The van der Waals surface area contributed by atoms with Gasteiger partial charge in [0.1, 0.15) is 0 Å². The molecule has 1 aromatic carbocycles. The van der Waals surface area contributed by atoms with Gasteiger partial charge in [-0.05, 0) is 66.9 Å². The third kappa shape index (κ3) is 2.77. The summed E-state index contributed by atoms with van der Waals surface area (Å²) >= 11 is 0. The number of hydrazine groups is 1. The molecule has 0 spiro atoms. The van der Waals surface area contributed by atoms with Gasteiger partial charge < -0.3 is 0 Å². The van der Waals surface area contributed by atoms with Crippen LogP contribution in [-0.2, 0) is 12.8 Å². The van der Waals surface area contributed by atoms with Crippen molar-refractivity contribution in [2.24, 2.45) is 29.5 Å². The first-order chi connectivity index (χ1) is 9.67. The van der Waals surface area contributed by atoms with E-state index in [0.29, 0.717) is 12.0 Å². The summed E-state index contributed by atoms with van der Waals surface area (Å²) in [7, 11) is 0. The zero-order valence-electron chi connectivity index (χ0n) is 12.8. The molecule has 0 bridgehead atoms. The molecule has 1 fully saturated rings. The summed E-state index contributed by atoms with van der Waals surface area (Å²) < 4.78 is 0. The minimum absolute atomic E-state index is 0.479. The zero-order chi connectivity index (χ0) is 14.1. The third-order valence-electron chi connectivity index (χ3n) is 5.51. The Morgan fingerprint density at radius 2 is 1.50 bits per heavy atom. The predicted molar refractivity (Wildman–Crippen MR) is 84.1 cm³/mol. The van der Waals surface area contributed by atoms with Gasteiger partial charge in [0, 0.05) is 6.04 Å². The summed E-state index contributed by atoms with van der Waals surface area (Å²) in [5.74, 6) is 9.09. The second kappa shape index (κ2) is 5.87. The van der Waals surface area contributed by atoms with Crippen LogP contribution in [0.5, 0.6) is 0 Å². The first-order valence-corrected chi connectivity index (χ1v) is 8.20. The maximum absolute atomic E-state index is 5.96. The highest BCUT2D eigenvalue weighted by atomic mass is 15.2. The van der Waals surface area contributed by atoms with Crippen molar-refractivity contribution in [3.8, 4) is 0 Å². The van der Waals surface area contributed by atoms with Crippen molar-refractivity contribution in [1.29, 1.82) is 0 Å². The van der Waals surface area contributed by atoms with E-state index in [0.717, 1.165) is 17.8 Å². The summed E-state index contributed by atoms with van der Waals surface area (Å²) in [5, 5.41) is 0. The molecule has 1 saturated carbocycles. The molecule has 2 heteroatoms. The Bertz CT molecular complexity index is 421. The number of hydrogen-bond donors (Lipinski definition) is 2. The summed E-state index contributed by atoms with van der Waals surface area (Å²) in [5.41, 5.74) is 6.26. The lowest BCUT2D eigenvalue weighted by Gasteiger charge is -2.38. The molecular weight excluding hydrogens is 244 g/mol. The van der Waals surface area contributed by atoms with Gasteiger partial charge >= 0.3 is 0 Å². The standard InChI is InChI=1S/C18H28N2/c1-12-7-13(2)9-16(8-12)18(20-19)17-10-14-5-3-4-6-15(14)11-17/h3-6,12-13,16-18,20H,7-11,19H2,1-2H3. The van der Waals surface area contributed by atoms with Gasteiger partial charge in [-0.3, -0.25) is 11.3 Å². The van der Waals surface area contributed by atoms with Crippen molar-refractivity contribution in [1.82, 2.24) is 5.43 Å². The number of rotatable bonds is 3. The molecule has 110 valence electrons. The summed E-state index contributed by atoms with van der Waals surface area (Å²) in [6.07, 6.45) is 6.46. The van der Waals surface area contributed by atoms with Gasteiger partial charge in [-0.2, -0.15) is 0 Å². The molecule has 1 aromatic rings. The Hall–Kier alpha value is -0.860. The molecule has 3 unspecified atom stereocenters. The fourth-order valence-electron chi connectivity index (χ4n) is 4.81. The molecular formula is C18H28N2. The van der Waals surface area contributed by atoms with E-state index >= 15 is 0 Å². The monoisotopic (exact) mass is 272 g/mol. The normalized spacial score (nSPS) is 32.0. The highest BCUT2D eigenvalue weighted by Crippen LogP contribution is 2.39. The molecule has 0 radical (unpaired) electrons. The Morgan fingerprint density at radius 3 is 2.00 bits per heavy atom. The van der Waals surface area contributed by atoms with E-state index in [1.54, 1.807) is 0 Å². The van der Waals surface area contributed by atoms with Crippen LogP contribution in [0.4, 0.5) is 0 Å². The van der Waals surface area contributed by atoms with Crippen LogP contribution in [0.3, 0.4) is 0 Å². The topological polar surface area (TPSA) is 38.0 Å². The zero-order valence-corrected chi connectivity index (χ0v) is 12.8. The minimum Gasteiger partial charge on any atom is -0.271 e. The average molecular weight is 272 g/mol. The van der Waals surface area contributed by atoms with E-state index in [9.17, 15) is 0 Å². The summed E-state index contributed by atoms with van der Waals surface area (Å²) in [6, 6.07) is 9.38. The molecule has 0 saturated heterocycles. The molecule has 0 aromatic heterocycles. The summed E-state index contributed by atoms with van der Waals surface area (Å²) in [6.45, 7) is 4.80. The molecule has 2 nitrogen and oxygen atoms in total. The van der Waals surface area contributed by atoms with Crippen LogP contribution in [0.15, 0.2) is 24.3 Å². The highest BCUT2D eigenvalue weighted by Gasteiger charge is 2.36. The van der Waals surface area contributed by atoms with Gasteiger partial charge in [0.05, 0.1) is 0 Å². The SMILES string of the molecule is CC1CC(C)CC(C(NN)C2Cc3ccccc3C2)C1. The first-order valence-electron chi connectivity index (χ1n) is 8.20. The number of nitrogens with two attached hydrogens (primary N) is 1. The average Bonchev–Trinajstić information content (AvgIpc) is 2.81. The lowest BCUT2D eigenvalue weighted by molar-refractivity contribution is 0.145. The lowest BCUT2D eigenvalue weighted by atomic mass is 9.71. The van der Waals surface area contributed by atoms with E-state index in [1.165, 1.54) is 43.2 Å². The van der Waals surface area contributed by atoms with Crippen LogP contribution in [-0.4, -0.2) is 6.04 Å². The van der Waals surface area contributed by atoms with Crippen molar-refractivity contribution >= 4 is 0 Å². The molecule has 0 heterocycles. The number of nitrogens with one attached hydrogen (secondary N) is 1. The lowest BCUT2D eigenvalue weighted by Crippen LogP contribution is -2.48. The van der Waals surface area contributed by atoms with E-state index in [2.05, 4.69) is 43.5 Å². The number of benzene rings is 1. The smallest absolute Gasteiger partial charge is 0.0273 e. The third-order valence-corrected chi connectivity index (χ3v) is 5.51. The maximum atomic E-state index is 5.96. The van der Waals surface area contributed by atoms with Crippen LogP contribution >= 0.6 is 0 Å². The van der Waals surface area contributed by atoms with Crippen LogP contribution in [0.25, 0.3) is 0 Å². The molecule has 0 aliphatic heterocycles. The molecule has 3 N–H and O–H groups in total. The highest BCUT2D eigenvalue weighted by molar-refractivity contribution is 5.32. The van der Waals surface area contributed by atoms with Gasteiger partial charge in [0.25, 0.3) is 0 Å². The van der Waals surface area contributed by atoms with Gasteiger partial charge in [-0.15, -0.1) is 0 Å². The van der Waals surface area contributed by atoms with Crippen LogP contribution in [0.1, 0.15) is 44.2 Å². The molecule has 3 atom stereocenters. The molecule has 3 rings (SSSR count). The number of hydrogen-bond acceptors (Lipinski definition) is 2. The van der Waals surface area contributed by atoms with Gasteiger partial charge in [0.2, 0.25) is 0 Å². The maximum Gasteiger partial charge on any atom is 0.0273 e. The largest absolute Gasteiger partial charge is 0.271 e. The van der Waals surface area contributed by atoms with Crippen molar-refractivity contribution in [3.63, 3.8) is 0 Å². The number of fused-ring (bicyclic) bond motifs is 1. The van der Waals surface area contributed by atoms with Crippen molar-refractivity contribution in [3.05, 3.63) is 35.4 Å². The van der Waals surface area contributed by atoms with Gasteiger partial charge in [0.15, 0.2) is 0 Å². The van der Waals surface area contributed by atoms with E-state index in [-0.39, 0.29) is 0 Å². The quantitative estimate of drug-likeness (QED) is 0.654. The fourth-order valence-corrected chi connectivity index (χ4v) is 4.81. The molecule has 20 heavy (non-hydrogen) atoms. The van der Waals surface area contributed by atoms with Crippen molar-refractivity contribution < 1.29 is 0 Å². The summed E-state index contributed by atoms with van der Waals surface area (Å²) in [4.78, 5) is 0.